The van der Waals surface area contributed by atoms with Crippen molar-refractivity contribution in [3.8, 4) is 0 Å². The van der Waals surface area contributed by atoms with E-state index in [1.54, 1.807) is 0 Å². The second kappa shape index (κ2) is 16.6. The van der Waals surface area contributed by atoms with Crippen LogP contribution in [0.1, 0.15) is 11.1 Å². The molecule has 25 heavy (non-hydrogen) atoms. The van der Waals surface area contributed by atoms with Crippen LogP contribution in [0.3, 0.4) is 0 Å². The first-order valence-corrected chi connectivity index (χ1v) is 7.86. The van der Waals surface area contributed by atoms with E-state index in [1.807, 2.05) is 121 Å². The van der Waals surface area contributed by atoms with E-state index < -0.39 is 0 Å². The molecule has 0 aliphatic heterocycles. The fourth-order valence-corrected chi connectivity index (χ4v) is 1.60. The van der Waals surface area contributed by atoms with Gasteiger partial charge in [0.2, 0.25) is 0 Å². The van der Waals surface area contributed by atoms with Gasteiger partial charge >= 0.3 is 26.2 Å². The smallest absolute Gasteiger partial charge is 0.214 e. The molecule has 0 atom stereocenters. The average Bonchev–Trinajstić information content (AvgIpc) is 3.36. The van der Waals surface area contributed by atoms with Gasteiger partial charge in [0.25, 0.3) is 0 Å². The van der Waals surface area contributed by atoms with Crippen LogP contribution in [-0.2, 0) is 26.2 Å². The Hall–Kier alpha value is -2.24. The number of rotatable bonds is 0. The molecule has 0 bridgehead atoms. The Morgan fingerprint density at radius 3 is 0.840 bits per heavy atom. The quantitative estimate of drug-likeness (QED) is 0.292. The summed E-state index contributed by atoms with van der Waals surface area (Å²) in [6.45, 7) is 7.44. The first-order chi connectivity index (χ1) is 11.8. The molecule has 0 fully saturated rings. The van der Waals surface area contributed by atoms with Gasteiger partial charge < -0.3 is 0 Å². The third kappa shape index (κ3) is 15.1. The van der Waals surface area contributed by atoms with Crippen molar-refractivity contribution < 1.29 is 26.2 Å². The van der Waals surface area contributed by atoms with E-state index in [9.17, 15) is 0 Å². The molecule has 0 heterocycles. The zero-order valence-electron chi connectivity index (χ0n) is 14.5. The van der Waals surface area contributed by atoms with Gasteiger partial charge in [0.15, 0.2) is 0 Å². The predicted molar refractivity (Wildman–Crippen MR) is 106 cm³/mol. The molecule has 4 aromatic rings. The van der Waals surface area contributed by atoms with E-state index in [2.05, 4.69) is 13.8 Å². The fourth-order valence-electron chi connectivity index (χ4n) is 1.60. The van der Waals surface area contributed by atoms with Crippen molar-refractivity contribution in [3.63, 3.8) is 0 Å². The van der Waals surface area contributed by atoms with Crippen molar-refractivity contribution in [1.82, 2.24) is 0 Å². The molecule has 0 saturated carbocycles. The summed E-state index contributed by atoms with van der Waals surface area (Å²) in [5, 5.41) is 0. The first kappa shape index (κ1) is 22.8. The zero-order chi connectivity index (χ0) is 17.3. The molecule has 0 aliphatic carbocycles. The minimum absolute atomic E-state index is 0. The van der Waals surface area contributed by atoms with Crippen molar-refractivity contribution in [3.05, 3.63) is 146 Å². The van der Waals surface area contributed by atoms with Crippen LogP contribution in [0, 0.1) is 13.8 Å². The molecule has 0 saturated heterocycles. The van der Waals surface area contributed by atoms with Crippen LogP contribution in [0.4, 0.5) is 0 Å². The maximum atomic E-state index is 3.72. The van der Waals surface area contributed by atoms with Crippen LogP contribution in [0.5, 0.6) is 0 Å². The molecule has 124 valence electrons. The van der Waals surface area contributed by atoms with Gasteiger partial charge in [-0.3, -0.25) is 0 Å². The topological polar surface area (TPSA) is 0 Å². The summed E-state index contributed by atoms with van der Waals surface area (Å²) < 4.78 is 0. The van der Waals surface area contributed by atoms with Gasteiger partial charge in [-0.25, -0.2) is 24.3 Å². The van der Waals surface area contributed by atoms with Crippen molar-refractivity contribution in [2.24, 2.45) is 0 Å². The fraction of sp³-hybridized carbons (Fsp3) is 0. The van der Waals surface area contributed by atoms with Crippen LogP contribution in [-0.4, -0.2) is 0 Å². The van der Waals surface area contributed by atoms with Gasteiger partial charge in [-0.05, 0) is 0 Å². The first-order valence-electron chi connectivity index (χ1n) is 7.86. The maximum Gasteiger partial charge on any atom is 4.00 e. The van der Waals surface area contributed by atoms with E-state index in [4.69, 9.17) is 0 Å². The van der Waals surface area contributed by atoms with E-state index in [0.717, 1.165) is 11.1 Å². The summed E-state index contributed by atoms with van der Waals surface area (Å²) in [5.74, 6) is 0. The molecular weight excluding hydrogens is 379 g/mol. The Morgan fingerprint density at radius 2 is 0.720 bits per heavy atom. The van der Waals surface area contributed by atoms with Crippen molar-refractivity contribution in [1.29, 1.82) is 0 Å². The zero-order valence-corrected chi connectivity index (χ0v) is 16.9. The predicted octanol–water partition coefficient (Wildman–Crippen LogP) is 6.55. The van der Waals surface area contributed by atoms with Gasteiger partial charge in [0.1, 0.15) is 0 Å². The largest absolute Gasteiger partial charge is 4.00 e. The summed E-state index contributed by atoms with van der Waals surface area (Å²) in [7, 11) is 0. The van der Waals surface area contributed by atoms with Gasteiger partial charge in [-0.2, -0.15) is 85.6 Å². The van der Waals surface area contributed by atoms with Gasteiger partial charge in [0, 0.05) is 0 Å². The van der Waals surface area contributed by atoms with Gasteiger partial charge in [-0.1, -0.05) is 12.1 Å². The van der Waals surface area contributed by atoms with E-state index in [0.29, 0.717) is 0 Å². The Balaban J connectivity index is 0.000000307. The molecule has 4 rings (SSSR count). The minimum atomic E-state index is 0. The molecule has 0 amide bonds. The molecule has 0 aliphatic rings. The second-order valence-electron chi connectivity index (χ2n) is 4.90. The van der Waals surface area contributed by atoms with Gasteiger partial charge in [-0.15, -0.1) is 24.3 Å². The minimum Gasteiger partial charge on any atom is -0.214 e. The molecular formula is C24H24Zr. The Kier molecular flexibility index (Phi) is 15.1. The second-order valence-corrected chi connectivity index (χ2v) is 4.90. The Morgan fingerprint density at radius 1 is 0.440 bits per heavy atom. The van der Waals surface area contributed by atoms with E-state index in [-0.39, 0.29) is 26.2 Å². The standard InChI is InChI=1S/2C7H7.2C5H5.Zr/c2*1-7-5-3-2-4-6-7;2*1-2-4-5-3-1;/h2*2-6H,1H2;2*1-5H;/q4*-1;+4. The van der Waals surface area contributed by atoms with Gasteiger partial charge in [0.05, 0.1) is 0 Å². The molecule has 0 N–H and O–H groups in total. The third-order valence-electron chi connectivity index (χ3n) is 2.80. The molecule has 0 unspecified atom stereocenters. The van der Waals surface area contributed by atoms with E-state index in [1.165, 1.54) is 0 Å². The van der Waals surface area contributed by atoms with Crippen LogP contribution in [0.2, 0.25) is 0 Å². The average molecular weight is 404 g/mol. The molecule has 0 nitrogen and oxygen atoms in total. The monoisotopic (exact) mass is 402 g/mol. The Bertz CT molecular complexity index is 567. The molecule has 4 aromatic carbocycles. The molecule has 0 spiro atoms. The van der Waals surface area contributed by atoms with Crippen molar-refractivity contribution in [2.45, 2.75) is 0 Å². The normalized spacial score (nSPS) is 8.00. The summed E-state index contributed by atoms with van der Waals surface area (Å²) in [6.07, 6.45) is 0. The Labute approximate surface area is 172 Å². The summed E-state index contributed by atoms with van der Waals surface area (Å²) >= 11 is 0. The summed E-state index contributed by atoms with van der Waals surface area (Å²) in [4.78, 5) is 0. The maximum absolute atomic E-state index is 3.72. The third-order valence-corrected chi connectivity index (χ3v) is 2.80. The van der Waals surface area contributed by atoms with Crippen LogP contribution in [0.25, 0.3) is 0 Å². The number of hydrogen-bond acceptors (Lipinski definition) is 0. The number of hydrogen-bond donors (Lipinski definition) is 0. The number of benzene rings is 2. The van der Waals surface area contributed by atoms with Crippen LogP contribution < -0.4 is 0 Å². The molecule has 0 radical (unpaired) electrons. The van der Waals surface area contributed by atoms with E-state index >= 15 is 0 Å². The van der Waals surface area contributed by atoms with Crippen molar-refractivity contribution >= 4 is 0 Å². The summed E-state index contributed by atoms with van der Waals surface area (Å²) in [6, 6.07) is 39.7. The SMILES string of the molecule is [CH2-]c1ccccc1.[CH2-]c1ccccc1.[Zr+4].c1cc[cH-]c1.c1cc[cH-]c1. The van der Waals surface area contributed by atoms with Crippen LogP contribution >= 0.6 is 0 Å². The summed E-state index contributed by atoms with van der Waals surface area (Å²) in [5.41, 5.74) is 2.14. The van der Waals surface area contributed by atoms with Crippen LogP contribution in [0.15, 0.2) is 121 Å². The molecule has 1 heteroatoms. The van der Waals surface area contributed by atoms with Crippen molar-refractivity contribution in [2.75, 3.05) is 0 Å². The molecule has 0 aromatic heterocycles.